The highest BCUT2D eigenvalue weighted by Crippen LogP contribution is 2.32. The third-order valence-corrected chi connectivity index (χ3v) is 5.32. The van der Waals surface area contributed by atoms with Gasteiger partial charge in [-0.2, -0.15) is 0 Å². The molecule has 2 heterocycles. The SMILES string of the molecule is O=C(Cc1ccc(F)cc1)N(Cc1ccncc1)c1nc2c(F)cc(F)cc2s1. The molecule has 0 unspecified atom stereocenters. The molecule has 2 aromatic carbocycles. The Balaban J connectivity index is 1.70. The van der Waals surface area contributed by atoms with E-state index in [1.165, 1.54) is 35.2 Å². The zero-order valence-corrected chi connectivity index (χ0v) is 15.8. The molecular formula is C21H14F3N3OS. The first kappa shape index (κ1) is 19.1. The summed E-state index contributed by atoms with van der Waals surface area (Å²) in [5, 5.41) is 0.258. The topological polar surface area (TPSA) is 46.1 Å². The van der Waals surface area contributed by atoms with E-state index in [0.717, 1.165) is 23.0 Å². The van der Waals surface area contributed by atoms with Crippen LogP contribution in [0.25, 0.3) is 10.2 Å². The van der Waals surface area contributed by atoms with Gasteiger partial charge in [0, 0.05) is 18.5 Å². The summed E-state index contributed by atoms with van der Waals surface area (Å²) in [6, 6.07) is 11.1. The second-order valence-corrected chi connectivity index (χ2v) is 7.38. The Hall–Kier alpha value is -3.26. The molecule has 4 rings (SSSR count). The summed E-state index contributed by atoms with van der Waals surface area (Å²) in [7, 11) is 0. The molecule has 0 bridgehead atoms. The quantitative estimate of drug-likeness (QED) is 0.468. The molecule has 0 spiro atoms. The minimum atomic E-state index is -0.780. The Morgan fingerprint density at radius 1 is 0.931 bits per heavy atom. The van der Waals surface area contributed by atoms with Crippen molar-refractivity contribution < 1.29 is 18.0 Å². The van der Waals surface area contributed by atoms with Gasteiger partial charge in [-0.15, -0.1) is 0 Å². The van der Waals surface area contributed by atoms with Crippen molar-refractivity contribution in [2.75, 3.05) is 4.90 Å². The van der Waals surface area contributed by atoms with Gasteiger partial charge in [0.15, 0.2) is 10.9 Å². The summed E-state index contributed by atoms with van der Waals surface area (Å²) < 4.78 is 41.1. The van der Waals surface area contributed by atoms with Crippen molar-refractivity contribution in [1.82, 2.24) is 9.97 Å². The van der Waals surface area contributed by atoms with Gasteiger partial charge in [-0.3, -0.25) is 14.7 Å². The van der Waals surface area contributed by atoms with Crippen molar-refractivity contribution in [3.8, 4) is 0 Å². The summed E-state index contributed by atoms with van der Waals surface area (Å²) in [6.07, 6.45) is 3.22. The lowest BCUT2D eigenvalue weighted by molar-refractivity contribution is -0.118. The molecule has 1 amide bonds. The molecule has 0 aliphatic heterocycles. The molecule has 0 saturated heterocycles. The van der Waals surface area contributed by atoms with E-state index in [4.69, 9.17) is 0 Å². The van der Waals surface area contributed by atoms with Crippen LogP contribution >= 0.6 is 11.3 Å². The van der Waals surface area contributed by atoms with Crippen LogP contribution in [0, 0.1) is 17.5 Å². The van der Waals surface area contributed by atoms with Gasteiger partial charge < -0.3 is 0 Å². The third-order valence-electron chi connectivity index (χ3n) is 4.29. The number of hydrogen-bond donors (Lipinski definition) is 0. The number of fused-ring (bicyclic) bond motifs is 1. The number of halogens is 3. The van der Waals surface area contributed by atoms with E-state index < -0.39 is 17.5 Å². The molecule has 0 fully saturated rings. The second kappa shape index (κ2) is 8.00. The number of benzene rings is 2. The Labute approximate surface area is 168 Å². The Morgan fingerprint density at radius 3 is 2.38 bits per heavy atom. The maximum atomic E-state index is 14.1. The number of amides is 1. The molecule has 0 aliphatic carbocycles. The molecule has 4 aromatic rings. The highest BCUT2D eigenvalue weighted by Gasteiger charge is 2.22. The fourth-order valence-corrected chi connectivity index (χ4v) is 3.89. The van der Waals surface area contributed by atoms with Gasteiger partial charge >= 0.3 is 0 Å². The predicted octanol–water partition coefficient (Wildman–Crippen LogP) is 4.88. The average molecular weight is 413 g/mol. The van der Waals surface area contributed by atoms with Crippen LogP contribution in [0.1, 0.15) is 11.1 Å². The van der Waals surface area contributed by atoms with Crippen LogP contribution in [0.3, 0.4) is 0 Å². The third kappa shape index (κ3) is 4.27. The largest absolute Gasteiger partial charge is 0.283 e. The monoisotopic (exact) mass is 413 g/mol. The van der Waals surface area contributed by atoms with Crippen LogP contribution in [0.2, 0.25) is 0 Å². The van der Waals surface area contributed by atoms with E-state index >= 15 is 0 Å². The van der Waals surface area contributed by atoms with E-state index in [-0.39, 0.29) is 29.5 Å². The second-order valence-electron chi connectivity index (χ2n) is 6.37. The number of nitrogens with zero attached hydrogens (tertiary/aromatic N) is 3. The van der Waals surface area contributed by atoms with E-state index in [2.05, 4.69) is 9.97 Å². The molecule has 146 valence electrons. The summed E-state index contributed by atoms with van der Waals surface area (Å²) in [5.41, 5.74) is 1.45. The lowest BCUT2D eigenvalue weighted by atomic mass is 10.1. The van der Waals surface area contributed by atoms with E-state index in [1.54, 1.807) is 24.5 Å². The van der Waals surface area contributed by atoms with Crippen molar-refractivity contribution in [1.29, 1.82) is 0 Å². The zero-order valence-electron chi connectivity index (χ0n) is 15.0. The Bertz CT molecular complexity index is 1160. The van der Waals surface area contributed by atoms with Gasteiger partial charge in [0.1, 0.15) is 17.2 Å². The first-order valence-corrected chi connectivity index (χ1v) is 9.50. The lowest BCUT2D eigenvalue weighted by Gasteiger charge is -2.20. The molecular weight excluding hydrogens is 399 g/mol. The number of thiazole rings is 1. The number of hydrogen-bond acceptors (Lipinski definition) is 4. The Kier molecular flexibility index (Phi) is 5.26. The fraction of sp³-hybridized carbons (Fsp3) is 0.0952. The van der Waals surface area contributed by atoms with Gasteiger partial charge in [0.25, 0.3) is 0 Å². The molecule has 29 heavy (non-hydrogen) atoms. The molecule has 0 aliphatic rings. The maximum Gasteiger partial charge on any atom is 0.233 e. The predicted molar refractivity (Wildman–Crippen MR) is 105 cm³/mol. The molecule has 4 nitrogen and oxygen atoms in total. The van der Waals surface area contributed by atoms with E-state index in [1.807, 2.05) is 0 Å². The maximum absolute atomic E-state index is 14.1. The smallest absolute Gasteiger partial charge is 0.233 e. The molecule has 0 atom stereocenters. The minimum Gasteiger partial charge on any atom is -0.283 e. The van der Waals surface area contributed by atoms with Gasteiger partial charge in [0.2, 0.25) is 5.91 Å². The van der Waals surface area contributed by atoms with Crippen LogP contribution in [0.15, 0.2) is 60.9 Å². The summed E-state index contributed by atoms with van der Waals surface area (Å²) >= 11 is 1.03. The van der Waals surface area contributed by atoms with Gasteiger partial charge in [-0.25, -0.2) is 18.2 Å². The average Bonchev–Trinajstić information content (AvgIpc) is 3.12. The number of aromatic nitrogens is 2. The summed E-state index contributed by atoms with van der Waals surface area (Å²) in [5.74, 6) is -2.17. The fourth-order valence-electron chi connectivity index (χ4n) is 2.87. The number of carbonyl (C=O) groups is 1. The van der Waals surface area contributed by atoms with E-state index in [9.17, 15) is 18.0 Å². The Morgan fingerprint density at radius 2 is 1.66 bits per heavy atom. The highest BCUT2D eigenvalue weighted by atomic mass is 32.1. The first-order chi connectivity index (χ1) is 14.0. The van der Waals surface area contributed by atoms with Crippen molar-refractivity contribution in [3.05, 3.63) is 89.5 Å². The molecule has 8 heteroatoms. The van der Waals surface area contributed by atoms with Crippen molar-refractivity contribution in [2.45, 2.75) is 13.0 Å². The van der Waals surface area contributed by atoms with Crippen LogP contribution in [0.5, 0.6) is 0 Å². The van der Waals surface area contributed by atoms with Gasteiger partial charge in [-0.1, -0.05) is 23.5 Å². The van der Waals surface area contributed by atoms with Crippen molar-refractivity contribution >= 4 is 32.6 Å². The number of anilines is 1. The number of pyridine rings is 1. The van der Waals surface area contributed by atoms with Crippen LogP contribution < -0.4 is 4.90 Å². The van der Waals surface area contributed by atoms with Crippen LogP contribution in [0.4, 0.5) is 18.3 Å². The lowest BCUT2D eigenvalue weighted by Crippen LogP contribution is -2.31. The van der Waals surface area contributed by atoms with Crippen molar-refractivity contribution in [3.63, 3.8) is 0 Å². The minimum absolute atomic E-state index is 0.0120. The number of rotatable bonds is 5. The summed E-state index contributed by atoms with van der Waals surface area (Å²) in [4.78, 5) is 22.7. The van der Waals surface area contributed by atoms with Crippen LogP contribution in [-0.4, -0.2) is 15.9 Å². The normalized spacial score (nSPS) is 11.0. The zero-order chi connectivity index (χ0) is 20.4. The van der Waals surface area contributed by atoms with Crippen molar-refractivity contribution in [2.24, 2.45) is 0 Å². The highest BCUT2D eigenvalue weighted by molar-refractivity contribution is 7.22. The standard InChI is InChI=1S/C21H14F3N3OS/c22-15-3-1-13(2-4-15)9-19(28)27(12-14-5-7-25-8-6-14)21-26-20-17(24)10-16(23)11-18(20)29-21/h1-8,10-11H,9,12H2. The summed E-state index contributed by atoms with van der Waals surface area (Å²) in [6.45, 7) is 0.187. The molecule has 0 radical (unpaired) electrons. The number of carbonyl (C=O) groups excluding carboxylic acids is 1. The molecule has 0 N–H and O–H groups in total. The van der Waals surface area contributed by atoms with Gasteiger partial charge in [0.05, 0.1) is 17.7 Å². The molecule has 2 aromatic heterocycles. The van der Waals surface area contributed by atoms with Crippen LogP contribution in [-0.2, 0) is 17.8 Å². The van der Waals surface area contributed by atoms with Gasteiger partial charge in [-0.05, 0) is 41.5 Å². The van der Waals surface area contributed by atoms with E-state index in [0.29, 0.717) is 10.3 Å². The first-order valence-electron chi connectivity index (χ1n) is 8.69. The molecule has 0 saturated carbocycles.